The molecule has 0 saturated carbocycles. The van der Waals surface area contributed by atoms with Crippen molar-refractivity contribution in [1.82, 2.24) is 0 Å². The first-order valence-corrected chi connectivity index (χ1v) is 6.78. The van der Waals surface area contributed by atoms with E-state index in [4.69, 9.17) is 4.42 Å². The van der Waals surface area contributed by atoms with Crippen LogP contribution in [0.5, 0.6) is 0 Å². The maximum atomic E-state index is 11.9. The zero-order valence-corrected chi connectivity index (χ0v) is 11.7. The molecule has 3 heteroatoms. The van der Waals surface area contributed by atoms with Gasteiger partial charge in [-0.1, -0.05) is 46.3 Å². The normalized spacial score (nSPS) is 10.8. The Morgan fingerprint density at radius 3 is 2.58 bits per heavy atom. The Labute approximate surface area is 118 Å². The van der Waals surface area contributed by atoms with Crippen LogP contribution >= 0.6 is 15.9 Å². The molecule has 1 aromatic heterocycles. The van der Waals surface area contributed by atoms with Gasteiger partial charge in [0.25, 0.3) is 0 Å². The molecule has 2 aromatic carbocycles. The number of halogens is 1. The first-order valence-electron chi connectivity index (χ1n) is 5.98. The van der Waals surface area contributed by atoms with Crippen molar-refractivity contribution in [3.8, 4) is 0 Å². The summed E-state index contributed by atoms with van der Waals surface area (Å²) in [4.78, 5) is 11.9. The number of fused-ring (bicyclic) bond motifs is 1. The van der Waals surface area contributed by atoms with Gasteiger partial charge in [-0.2, -0.15) is 0 Å². The topological polar surface area (TPSA) is 30.2 Å². The van der Waals surface area contributed by atoms with Gasteiger partial charge in [0.05, 0.1) is 0 Å². The highest BCUT2D eigenvalue weighted by Crippen LogP contribution is 2.20. The molecule has 0 fully saturated rings. The summed E-state index contributed by atoms with van der Waals surface area (Å²) in [6.45, 7) is 0. The van der Waals surface area contributed by atoms with E-state index in [-0.39, 0.29) is 5.63 Å². The Kier molecular flexibility index (Phi) is 3.22. The van der Waals surface area contributed by atoms with E-state index in [1.165, 1.54) is 0 Å². The predicted molar refractivity (Wildman–Crippen MR) is 79.4 cm³/mol. The molecule has 0 saturated heterocycles. The van der Waals surface area contributed by atoms with Gasteiger partial charge in [0.2, 0.25) is 0 Å². The molecule has 19 heavy (non-hydrogen) atoms. The standard InChI is InChI=1S/C16H11BrO2/c17-14-6-7-15-12(10-14)9-13(16(18)19-15)8-11-4-2-1-3-5-11/h1-7,9-10H,8H2. The van der Waals surface area contributed by atoms with E-state index in [0.717, 1.165) is 15.4 Å². The van der Waals surface area contributed by atoms with Crippen LogP contribution in [0.3, 0.4) is 0 Å². The van der Waals surface area contributed by atoms with Crippen LogP contribution < -0.4 is 5.63 Å². The van der Waals surface area contributed by atoms with E-state index in [9.17, 15) is 4.79 Å². The summed E-state index contributed by atoms with van der Waals surface area (Å²) >= 11 is 3.42. The van der Waals surface area contributed by atoms with Crippen LogP contribution in [0.15, 0.2) is 68.3 Å². The van der Waals surface area contributed by atoms with Crippen LogP contribution in [0.25, 0.3) is 11.0 Å². The third-order valence-corrected chi connectivity index (χ3v) is 3.50. The van der Waals surface area contributed by atoms with Crippen molar-refractivity contribution in [1.29, 1.82) is 0 Å². The van der Waals surface area contributed by atoms with Crippen LogP contribution in [0.2, 0.25) is 0 Å². The average molecular weight is 315 g/mol. The molecule has 0 amide bonds. The quantitative estimate of drug-likeness (QED) is 0.665. The van der Waals surface area contributed by atoms with Crippen molar-refractivity contribution in [3.05, 3.63) is 80.6 Å². The van der Waals surface area contributed by atoms with Gasteiger partial charge in [-0.25, -0.2) is 4.79 Å². The Morgan fingerprint density at radius 2 is 1.79 bits per heavy atom. The zero-order chi connectivity index (χ0) is 13.2. The molecular formula is C16H11BrO2. The summed E-state index contributed by atoms with van der Waals surface area (Å²) in [5.74, 6) is 0. The number of hydrogen-bond acceptors (Lipinski definition) is 2. The molecular weight excluding hydrogens is 304 g/mol. The van der Waals surface area contributed by atoms with Crippen LogP contribution in [0.1, 0.15) is 11.1 Å². The van der Waals surface area contributed by atoms with Gasteiger partial charge >= 0.3 is 5.63 Å². The van der Waals surface area contributed by atoms with Crippen molar-refractivity contribution in [2.24, 2.45) is 0 Å². The average Bonchev–Trinajstić information content (AvgIpc) is 2.41. The molecule has 0 aliphatic carbocycles. The molecule has 0 N–H and O–H groups in total. The third kappa shape index (κ3) is 2.61. The lowest BCUT2D eigenvalue weighted by atomic mass is 10.1. The van der Waals surface area contributed by atoms with Gasteiger partial charge in [0.15, 0.2) is 0 Å². The second-order valence-corrected chi connectivity index (χ2v) is 5.32. The molecule has 0 bridgehead atoms. The molecule has 0 unspecified atom stereocenters. The van der Waals surface area contributed by atoms with Crippen LogP contribution in [-0.4, -0.2) is 0 Å². The lowest BCUT2D eigenvalue weighted by molar-refractivity contribution is 0.552. The Hall–Kier alpha value is -1.87. The fourth-order valence-corrected chi connectivity index (χ4v) is 2.45. The Balaban J connectivity index is 2.08. The Morgan fingerprint density at radius 1 is 1.00 bits per heavy atom. The summed E-state index contributed by atoms with van der Waals surface area (Å²) in [6, 6.07) is 17.4. The minimum absolute atomic E-state index is 0.265. The summed E-state index contributed by atoms with van der Waals surface area (Å²) in [6.07, 6.45) is 0.589. The maximum Gasteiger partial charge on any atom is 0.339 e. The molecule has 2 nitrogen and oxygen atoms in total. The smallest absolute Gasteiger partial charge is 0.339 e. The van der Waals surface area contributed by atoms with Crippen LogP contribution in [-0.2, 0) is 6.42 Å². The van der Waals surface area contributed by atoms with Crippen molar-refractivity contribution in [3.63, 3.8) is 0 Å². The highest BCUT2D eigenvalue weighted by molar-refractivity contribution is 9.10. The number of rotatable bonds is 2. The first-order chi connectivity index (χ1) is 9.22. The fraction of sp³-hybridized carbons (Fsp3) is 0.0625. The molecule has 0 aliphatic heterocycles. The lowest BCUT2D eigenvalue weighted by Gasteiger charge is -2.03. The zero-order valence-electron chi connectivity index (χ0n) is 10.1. The highest BCUT2D eigenvalue weighted by Gasteiger charge is 2.06. The third-order valence-electron chi connectivity index (χ3n) is 3.00. The summed E-state index contributed by atoms with van der Waals surface area (Å²) in [7, 11) is 0. The van der Waals surface area contributed by atoms with E-state index >= 15 is 0 Å². The van der Waals surface area contributed by atoms with Crippen molar-refractivity contribution >= 4 is 26.9 Å². The molecule has 1 heterocycles. The second-order valence-electron chi connectivity index (χ2n) is 4.40. The van der Waals surface area contributed by atoms with Gasteiger partial charge in [0.1, 0.15) is 5.58 Å². The van der Waals surface area contributed by atoms with Gasteiger partial charge in [-0.05, 0) is 29.8 Å². The van der Waals surface area contributed by atoms with Crippen molar-refractivity contribution < 1.29 is 4.42 Å². The predicted octanol–water partition coefficient (Wildman–Crippen LogP) is 4.15. The SMILES string of the molecule is O=c1oc2ccc(Br)cc2cc1Cc1ccccc1. The monoisotopic (exact) mass is 314 g/mol. The first kappa shape index (κ1) is 12.2. The summed E-state index contributed by atoms with van der Waals surface area (Å²) in [5.41, 5.74) is 2.13. The molecule has 94 valence electrons. The number of hydrogen-bond donors (Lipinski definition) is 0. The van der Waals surface area contributed by atoms with E-state index in [1.54, 1.807) is 6.07 Å². The van der Waals surface area contributed by atoms with E-state index in [0.29, 0.717) is 17.6 Å². The summed E-state index contributed by atoms with van der Waals surface area (Å²) < 4.78 is 6.32. The molecule has 0 spiro atoms. The highest BCUT2D eigenvalue weighted by atomic mass is 79.9. The van der Waals surface area contributed by atoms with E-state index in [1.807, 2.05) is 48.5 Å². The fourth-order valence-electron chi connectivity index (χ4n) is 2.08. The minimum Gasteiger partial charge on any atom is -0.423 e. The van der Waals surface area contributed by atoms with Crippen LogP contribution in [0, 0.1) is 0 Å². The maximum absolute atomic E-state index is 11.9. The van der Waals surface area contributed by atoms with Gasteiger partial charge < -0.3 is 4.42 Å². The summed E-state index contributed by atoms with van der Waals surface area (Å²) in [5, 5.41) is 0.930. The Bertz CT molecular complexity index is 776. The van der Waals surface area contributed by atoms with Gasteiger partial charge in [-0.3, -0.25) is 0 Å². The van der Waals surface area contributed by atoms with Gasteiger partial charge in [-0.15, -0.1) is 0 Å². The molecule has 0 atom stereocenters. The van der Waals surface area contributed by atoms with Crippen molar-refractivity contribution in [2.45, 2.75) is 6.42 Å². The molecule has 0 radical (unpaired) electrons. The van der Waals surface area contributed by atoms with E-state index in [2.05, 4.69) is 15.9 Å². The van der Waals surface area contributed by atoms with Gasteiger partial charge in [0, 0.05) is 21.8 Å². The van der Waals surface area contributed by atoms with E-state index < -0.39 is 0 Å². The minimum atomic E-state index is -0.265. The molecule has 3 rings (SSSR count). The molecule has 3 aromatic rings. The van der Waals surface area contributed by atoms with Crippen LogP contribution in [0.4, 0.5) is 0 Å². The van der Waals surface area contributed by atoms with Crippen molar-refractivity contribution in [2.75, 3.05) is 0 Å². The lowest BCUT2D eigenvalue weighted by Crippen LogP contribution is -2.07. The second kappa shape index (κ2) is 5.02. The number of benzene rings is 2. The molecule has 0 aliphatic rings. The largest absolute Gasteiger partial charge is 0.423 e.